The molecule has 2 aromatic rings. The van der Waals surface area contributed by atoms with Gasteiger partial charge in [-0.2, -0.15) is 5.10 Å². The minimum absolute atomic E-state index is 0.0984. The molecule has 0 aliphatic rings. The highest BCUT2D eigenvalue weighted by Gasteiger charge is 2.06. The van der Waals surface area contributed by atoms with E-state index in [0.29, 0.717) is 5.75 Å². The molecule has 120 valence electrons. The third-order valence-electron chi connectivity index (χ3n) is 3.06. The minimum Gasteiger partial charge on any atom is -0.483 e. The zero-order chi connectivity index (χ0) is 16.8. The lowest BCUT2D eigenvalue weighted by molar-refractivity contribution is -0.123. The lowest BCUT2D eigenvalue weighted by atomic mass is 10.1. The molecule has 0 unspecified atom stereocenters. The number of carbonyl (C=O) groups excluding carboxylic acids is 1. The summed E-state index contributed by atoms with van der Waals surface area (Å²) in [5, 5.41) is 4.08. The van der Waals surface area contributed by atoms with E-state index in [9.17, 15) is 4.79 Å². The van der Waals surface area contributed by atoms with E-state index in [4.69, 9.17) is 4.74 Å². The largest absolute Gasteiger partial charge is 0.483 e. The van der Waals surface area contributed by atoms with Gasteiger partial charge >= 0.3 is 0 Å². The molecule has 0 spiro atoms. The average molecular weight is 440 g/mol. The first kappa shape index (κ1) is 17.7. The van der Waals surface area contributed by atoms with Crippen LogP contribution >= 0.6 is 31.9 Å². The quantitative estimate of drug-likeness (QED) is 0.553. The Bertz CT molecular complexity index is 728. The summed E-state index contributed by atoms with van der Waals surface area (Å²) in [5.41, 5.74) is 5.27. The van der Waals surface area contributed by atoms with Gasteiger partial charge in [-0.15, -0.1) is 0 Å². The van der Waals surface area contributed by atoms with Crippen LogP contribution in [0.4, 0.5) is 0 Å². The van der Waals surface area contributed by atoms with Crippen LogP contribution in [0.1, 0.15) is 18.1 Å². The topological polar surface area (TPSA) is 50.7 Å². The van der Waals surface area contributed by atoms with E-state index < -0.39 is 0 Å². The number of carbonyl (C=O) groups is 1. The molecule has 6 heteroatoms. The van der Waals surface area contributed by atoms with Crippen molar-refractivity contribution in [1.29, 1.82) is 0 Å². The van der Waals surface area contributed by atoms with Crippen molar-refractivity contribution in [3.63, 3.8) is 0 Å². The number of amides is 1. The van der Waals surface area contributed by atoms with Crippen LogP contribution in [0.25, 0.3) is 0 Å². The summed E-state index contributed by atoms with van der Waals surface area (Å²) in [7, 11) is 0. The number of nitrogens with zero attached hydrogens (tertiary/aromatic N) is 1. The van der Waals surface area contributed by atoms with Crippen LogP contribution in [0.15, 0.2) is 56.5 Å². The highest BCUT2D eigenvalue weighted by atomic mass is 79.9. The van der Waals surface area contributed by atoms with Gasteiger partial charge in [0.2, 0.25) is 0 Å². The first-order valence-corrected chi connectivity index (χ1v) is 8.52. The maximum Gasteiger partial charge on any atom is 0.277 e. The molecule has 0 heterocycles. The summed E-state index contributed by atoms with van der Waals surface area (Å²) in [6, 6.07) is 13.4. The van der Waals surface area contributed by atoms with Gasteiger partial charge in [0.25, 0.3) is 5.91 Å². The van der Waals surface area contributed by atoms with Crippen LogP contribution in [0.5, 0.6) is 5.75 Å². The van der Waals surface area contributed by atoms with Crippen molar-refractivity contribution in [2.24, 2.45) is 5.10 Å². The molecule has 1 N–H and O–H groups in total. The van der Waals surface area contributed by atoms with Crippen molar-refractivity contribution in [2.75, 3.05) is 6.61 Å². The fraction of sp³-hybridized carbons (Fsp3) is 0.176. The van der Waals surface area contributed by atoms with Crippen molar-refractivity contribution in [1.82, 2.24) is 5.43 Å². The zero-order valence-corrected chi connectivity index (χ0v) is 15.9. The molecule has 2 aromatic carbocycles. The lowest BCUT2D eigenvalue weighted by Gasteiger charge is -2.08. The predicted octanol–water partition coefficient (Wildman–Crippen LogP) is 4.44. The van der Waals surface area contributed by atoms with Crippen molar-refractivity contribution in [3.8, 4) is 5.75 Å². The standard InChI is InChI=1S/C17H16Br2N2O2/c1-11-3-8-16(15(19)9-11)23-10-17(22)21-20-12(2)13-4-6-14(18)7-5-13/h3-9H,10H2,1-2H3,(H,21,22)/b20-12+. The Kier molecular flexibility index (Phi) is 6.36. The molecule has 1 amide bonds. The van der Waals surface area contributed by atoms with Crippen molar-refractivity contribution in [3.05, 3.63) is 62.5 Å². The lowest BCUT2D eigenvalue weighted by Crippen LogP contribution is -2.25. The summed E-state index contributed by atoms with van der Waals surface area (Å²) >= 11 is 6.79. The first-order valence-electron chi connectivity index (χ1n) is 6.94. The number of hydrazone groups is 1. The Hall–Kier alpha value is -1.66. The normalized spacial score (nSPS) is 11.2. The Morgan fingerprint density at radius 2 is 1.87 bits per heavy atom. The Labute approximate surface area is 152 Å². The van der Waals surface area contributed by atoms with E-state index in [-0.39, 0.29) is 12.5 Å². The van der Waals surface area contributed by atoms with E-state index in [0.717, 1.165) is 25.8 Å². The molecule has 0 bridgehead atoms. The van der Waals surface area contributed by atoms with E-state index in [1.54, 1.807) is 0 Å². The maximum atomic E-state index is 11.8. The Balaban J connectivity index is 1.89. The van der Waals surface area contributed by atoms with Gasteiger partial charge in [-0.3, -0.25) is 4.79 Å². The number of nitrogens with one attached hydrogen (secondary N) is 1. The van der Waals surface area contributed by atoms with Gasteiger partial charge in [-0.25, -0.2) is 5.43 Å². The Morgan fingerprint density at radius 3 is 2.52 bits per heavy atom. The molecule has 0 saturated carbocycles. The highest BCUT2D eigenvalue weighted by Crippen LogP contribution is 2.25. The molecule has 0 aliphatic carbocycles. The molecule has 4 nitrogen and oxygen atoms in total. The molecule has 0 aromatic heterocycles. The number of halogens is 2. The van der Waals surface area contributed by atoms with Crippen molar-refractivity contribution < 1.29 is 9.53 Å². The average Bonchev–Trinajstić information content (AvgIpc) is 2.52. The number of rotatable bonds is 5. The smallest absolute Gasteiger partial charge is 0.277 e. The van der Waals surface area contributed by atoms with Crippen LogP contribution in [0.2, 0.25) is 0 Å². The second-order valence-electron chi connectivity index (χ2n) is 4.96. The van der Waals surface area contributed by atoms with Gasteiger partial charge in [0.05, 0.1) is 10.2 Å². The molecular formula is C17H16Br2N2O2. The fourth-order valence-corrected chi connectivity index (χ4v) is 2.67. The van der Waals surface area contributed by atoms with Crippen molar-refractivity contribution in [2.45, 2.75) is 13.8 Å². The van der Waals surface area contributed by atoms with Gasteiger partial charge in [0, 0.05) is 4.47 Å². The van der Waals surface area contributed by atoms with Crippen LogP contribution in [0.3, 0.4) is 0 Å². The van der Waals surface area contributed by atoms with Crippen LogP contribution in [-0.2, 0) is 4.79 Å². The van der Waals surface area contributed by atoms with E-state index in [1.807, 2.05) is 56.3 Å². The number of hydrogen-bond acceptors (Lipinski definition) is 3. The van der Waals surface area contributed by atoms with Gasteiger partial charge in [-0.1, -0.05) is 34.1 Å². The fourth-order valence-electron chi connectivity index (χ4n) is 1.80. The van der Waals surface area contributed by atoms with Crippen LogP contribution in [0, 0.1) is 6.92 Å². The highest BCUT2D eigenvalue weighted by molar-refractivity contribution is 9.10. The number of benzene rings is 2. The number of hydrogen-bond donors (Lipinski definition) is 1. The van der Waals surface area contributed by atoms with E-state index >= 15 is 0 Å². The molecule has 0 fully saturated rings. The Morgan fingerprint density at radius 1 is 1.17 bits per heavy atom. The molecule has 0 saturated heterocycles. The first-order chi connectivity index (χ1) is 11.0. The second-order valence-corrected chi connectivity index (χ2v) is 6.73. The second kappa shape index (κ2) is 8.26. The van der Waals surface area contributed by atoms with Crippen LogP contribution < -0.4 is 10.2 Å². The maximum absolute atomic E-state index is 11.8. The summed E-state index contributed by atoms with van der Waals surface area (Å²) in [5.74, 6) is 0.313. The monoisotopic (exact) mass is 438 g/mol. The summed E-state index contributed by atoms with van der Waals surface area (Å²) in [4.78, 5) is 11.8. The van der Waals surface area contributed by atoms with Crippen molar-refractivity contribution >= 4 is 43.5 Å². The zero-order valence-electron chi connectivity index (χ0n) is 12.8. The van der Waals surface area contributed by atoms with Gasteiger partial charge in [-0.05, 0) is 65.2 Å². The van der Waals surface area contributed by atoms with Gasteiger partial charge in [0.15, 0.2) is 6.61 Å². The van der Waals surface area contributed by atoms with Gasteiger partial charge in [0.1, 0.15) is 5.75 Å². The van der Waals surface area contributed by atoms with Gasteiger partial charge < -0.3 is 4.74 Å². The van der Waals surface area contributed by atoms with Crippen LogP contribution in [-0.4, -0.2) is 18.2 Å². The SMILES string of the molecule is C/C(=N\NC(=O)COc1ccc(C)cc1Br)c1ccc(Br)cc1. The molecular weight excluding hydrogens is 424 g/mol. The molecule has 2 rings (SSSR count). The number of aryl methyl sites for hydroxylation is 1. The summed E-state index contributed by atoms with van der Waals surface area (Å²) in [6.45, 7) is 3.72. The van der Waals surface area contributed by atoms with E-state index in [2.05, 4.69) is 42.4 Å². The minimum atomic E-state index is -0.311. The number of ether oxygens (including phenoxy) is 1. The predicted molar refractivity (Wildman–Crippen MR) is 98.9 cm³/mol. The molecule has 23 heavy (non-hydrogen) atoms. The third kappa shape index (κ3) is 5.48. The third-order valence-corrected chi connectivity index (χ3v) is 4.20. The molecule has 0 radical (unpaired) electrons. The van der Waals surface area contributed by atoms with E-state index in [1.165, 1.54) is 0 Å². The molecule has 0 atom stereocenters. The molecule has 0 aliphatic heterocycles. The summed E-state index contributed by atoms with van der Waals surface area (Å²) < 4.78 is 7.29. The summed E-state index contributed by atoms with van der Waals surface area (Å²) in [6.07, 6.45) is 0.